The highest BCUT2D eigenvalue weighted by Crippen LogP contribution is 2.46. The minimum Gasteiger partial charge on any atom is -0.497 e. The van der Waals surface area contributed by atoms with Crippen molar-refractivity contribution in [2.75, 3.05) is 7.11 Å². The van der Waals surface area contributed by atoms with Gasteiger partial charge in [-0.25, -0.2) is 0 Å². The third kappa shape index (κ3) is 2.86. The quantitative estimate of drug-likeness (QED) is 0.715. The Balaban J connectivity index is 1.73. The van der Waals surface area contributed by atoms with E-state index in [9.17, 15) is 5.11 Å². The molecule has 2 atom stereocenters. The zero-order valence-corrected chi connectivity index (χ0v) is 14.1. The van der Waals surface area contributed by atoms with Crippen LogP contribution >= 0.6 is 0 Å². The van der Waals surface area contributed by atoms with Crippen molar-refractivity contribution in [3.05, 3.63) is 95.6 Å². The molecule has 0 spiro atoms. The van der Waals surface area contributed by atoms with Crippen LogP contribution in [0.25, 0.3) is 17.2 Å². The van der Waals surface area contributed by atoms with E-state index in [1.54, 1.807) is 7.11 Å². The summed E-state index contributed by atoms with van der Waals surface area (Å²) < 4.78 is 5.20. The molecule has 0 unspecified atom stereocenters. The molecule has 0 aliphatic heterocycles. The third-order valence-electron chi connectivity index (χ3n) is 4.84. The van der Waals surface area contributed by atoms with Crippen molar-refractivity contribution in [1.29, 1.82) is 0 Å². The highest BCUT2D eigenvalue weighted by molar-refractivity contribution is 5.75. The van der Waals surface area contributed by atoms with Gasteiger partial charge in [-0.05, 0) is 39.9 Å². The van der Waals surface area contributed by atoms with E-state index in [4.69, 9.17) is 4.74 Å². The summed E-state index contributed by atoms with van der Waals surface area (Å²) in [5.74, 6) is 0.780. The predicted octanol–water partition coefficient (Wildman–Crippen LogP) is 5.21. The maximum absolute atomic E-state index is 11.0. The Bertz CT molecular complexity index is 909. The molecular formula is C23H20O2. The van der Waals surface area contributed by atoms with Crippen molar-refractivity contribution in [1.82, 2.24) is 0 Å². The normalized spacial score (nSPS) is 18.6. The first-order valence-corrected chi connectivity index (χ1v) is 8.46. The second kappa shape index (κ2) is 6.58. The van der Waals surface area contributed by atoms with Crippen LogP contribution < -0.4 is 4.74 Å². The summed E-state index contributed by atoms with van der Waals surface area (Å²) in [6.45, 7) is 0. The highest BCUT2D eigenvalue weighted by atomic mass is 16.5. The van der Waals surface area contributed by atoms with Gasteiger partial charge in [-0.3, -0.25) is 0 Å². The molecule has 0 heterocycles. The van der Waals surface area contributed by atoms with Crippen LogP contribution in [0.5, 0.6) is 5.75 Å². The van der Waals surface area contributed by atoms with Crippen molar-refractivity contribution < 1.29 is 9.84 Å². The fourth-order valence-electron chi connectivity index (χ4n) is 3.54. The van der Waals surface area contributed by atoms with Crippen LogP contribution in [0.1, 0.15) is 28.7 Å². The minimum atomic E-state index is -0.541. The molecule has 4 rings (SSSR count). The van der Waals surface area contributed by atoms with Crippen LogP contribution in [0.4, 0.5) is 0 Å². The number of fused-ring (bicyclic) bond motifs is 3. The van der Waals surface area contributed by atoms with Gasteiger partial charge in [0.15, 0.2) is 0 Å². The van der Waals surface area contributed by atoms with Gasteiger partial charge in [0.1, 0.15) is 5.75 Å². The van der Waals surface area contributed by atoms with Gasteiger partial charge in [0, 0.05) is 5.92 Å². The van der Waals surface area contributed by atoms with Crippen LogP contribution in [-0.4, -0.2) is 12.2 Å². The summed E-state index contributed by atoms with van der Waals surface area (Å²) >= 11 is 0. The van der Waals surface area contributed by atoms with Gasteiger partial charge in [0.25, 0.3) is 0 Å². The van der Waals surface area contributed by atoms with Crippen molar-refractivity contribution >= 4 is 6.08 Å². The summed E-state index contributed by atoms with van der Waals surface area (Å²) in [4.78, 5) is 0. The Kier molecular flexibility index (Phi) is 4.12. The fraction of sp³-hybridized carbons (Fsp3) is 0.130. The molecule has 1 aliphatic rings. The van der Waals surface area contributed by atoms with E-state index >= 15 is 0 Å². The zero-order chi connectivity index (χ0) is 17.2. The first kappa shape index (κ1) is 15.7. The van der Waals surface area contributed by atoms with Gasteiger partial charge in [-0.15, -0.1) is 0 Å². The monoisotopic (exact) mass is 328 g/mol. The molecule has 2 nitrogen and oxygen atoms in total. The Labute approximate surface area is 148 Å². The van der Waals surface area contributed by atoms with Crippen LogP contribution in [-0.2, 0) is 0 Å². The smallest absolute Gasteiger partial charge is 0.118 e. The minimum absolute atomic E-state index is 0.0619. The number of hydrogen-bond donors (Lipinski definition) is 1. The molecular weight excluding hydrogens is 308 g/mol. The Morgan fingerprint density at radius 1 is 0.800 bits per heavy atom. The summed E-state index contributed by atoms with van der Waals surface area (Å²) in [6.07, 6.45) is 3.62. The van der Waals surface area contributed by atoms with Crippen LogP contribution in [0.15, 0.2) is 78.9 Å². The van der Waals surface area contributed by atoms with E-state index in [0.717, 1.165) is 22.4 Å². The molecule has 25 heavy (non-hydrogen) atoms. The average Bonchev–Trinajstić information content (AvgIpc) is 2.68. The molecule has 0 amide bonds. The fourth-order valence-corrected chi connectivity index (χ4v) is 3.54. The average molecular weight is 328 g/mol. The number of ether oxygens (including phenoxy) is 1. The standard InChI is InChI=1S/C23H20O2/c1-25-17-13-10-16(11-14-17)12-15-22-20-8-3-2-6-18(20)19-7-4-5-9-21(19)23(22)24/h2-15,22-24H,1H3/b15-12-/t22-,23-/m0/s1. The molecule has 0 bridgehead atoms. The van der Waals surface area contributed by atoms with Crippen LogP contribution in [0.3, 0.4) is 0 Å². The van der Waals surface area contributed by atoms with Gasteiger partial charge in [0.05, 0.1) is 13.2 Å². The number of benzene rings is 3. The number of methoxy groups -OCH3 is 1. The number of aliphatic hydroxyl groups excluding tert-OH is 1. The van der Waals surface area contributed by atoms with Crippen molar-refractivity contribution in [2.45, 2.75) is 12.0 Å². The summed E-state index contributed by atoms with van der Waals surface area (Å²) in [6, 6.07) is 24.4. The topological polar surface area (TPSA) is 29.5 Å². The molecule has 0 aromatic heterocycles. The molecule has 3 aromatic carbocycles. The molecule has 0 fully saturated rings. The van der Waals surface area contributed by atoms with Crippen molar-refractivity contribution in [2.24, 2.45) is 0 Å². The second-order valence-corrected chi connectivity index (χ2v) is 6.28. The summed E-state index contributed by atoms with van der Waals surface area (Å²) in [5.41, 5.74) is 5.57. The molecule has 1 aliphatic carbocycles. The first-order chi connectivity index (χ1) is 12.3. The van der Waals surface area contributed by atoms with Gasteiger partial charge >= 0.3 is 0 Å². The largest absolute Gasteiger partial charge is 0.497 e. The van der Waals surface area contributed by atoms with Crippen molar-refractivity contribution in [3.8, 4) is 16.9 Å². The van der Waals surface area contributed by atoms with Gasteiger partial charge < -0.3 is 9.84 Å². The van der Waals surface area contributed by atoms with Crippen LogP contribution in [0, 0.1) is 0 Å². The molecule has 0 saturated heterocycles. The summed E-state index contributed by atoms with van der Waals surface area (Å²) in [5, 5.41) is 11.0. The first-order valence-electron chi connectivity index (χ1n) is 8.46. The van der Waals surface area contributed by atoms with Gasteiger partial charge in [-0.1, -0.05) is 72.8 Å². The lowest BCUT2D eigenvalue weighted by Crippen LogP contribution is -2.15. The lowest BCUT2D eigenvalue weighted by molar-refractivity contribution is 0.160. The van der Waals surface area contributed by atoms with Crippen LogP contribution in [0.2, 0.25) is 0 Å². The second-order valence-electron chi connectivity index (χ2n) is 6.28. The van der Waals surface area contributed by atoms with E-state index in [1.807, 2.05) is 48.5 Å². The van der Waals surface area contributed by atoms with E-state index in [2.05, 4.69) is 36.4 Å². The Hall–Kier alpha value is -2.84. The lowest BCUT2D eigenvalue weighted by Gasteiger charge is -2.30. The molecule has 3 aromatic rings. The number of aliphatic hydroxyl groups is 1. The van der Waals surface area contributed by atoms with E-state index in [1.165, 1.54) is 11.1 Å². The number of hydrogen-bond acceptors (Lipinski definition) is 2. The Morgan fingerprint density at radius 2 is 1.40 bits per heavy atom. The zero-order valence-electron chi connectivity index (χ0n) is 14.1. The highest BCUT2D eigenvalue weighted by Gasteiger charge is 2.30. The predicted molar refractivity (Wildman–Crippen MR) is 102 cm³/mol. The molecule has 124 valence electrons. The molecule has 0 radical (unpaired) electrons. The maximum atomic E-state index is 11.0. The van der Waals surface area contributed by atoms with E-state index in [-0.39, 0.29) is 5.92 Å². The summed E-state index contributed by atoms with van der Waals surface area (Å²) in [7, 11) is 1.66. The van der Waals surface area contributed by atoms with Crippen molar-refractivity contribution in [3.63, 3.8) is 0 Å². The molecule has 2 heteroatoms. The number of rotatable bonds is 3. The Morgan fingerprint density at radius 3 is 2.08 bits per heavy atom. The van der Waals surface area contributed by atoms with Gasteiger partial charge in [0.2, 0.25) is 0 Å². The van der Waals surface area contributed by atoms with E-state index in [0.29, 0.717) is 0 Å². The molecule has 1 N–H and O–H groups in total. The molecule has 0 saturated carbocycles. The SMILES string of the molecule is COc1ccc(/C=C\[C@H]2c3ccccc3-c3ccccc3[C@@H]2O)cc1. The maximum Gasteiger partial charge on any atom is 0.118 e. The lowest BCUT2D eigenvalue weighted by atomic mass is 9.76. The van der Waals surface area contributed by atoms with Gasteiger partial charge in [-0.2, -0.15) is 0 Å². The third-order valence-corrected chi connectivity index (χ3v) is 4.84. The van der Waals surface area contributed by atoms with E-state index < -0.39 is 6.10 Å².